The second-order valence-corrected chi connectivity index (χ2v) is 4.68. The zero-order valence-electron chi connectivity index (χ0n) is 11.2. The molecule has 0 spiro atoms. The number of methoxy groups -OCH3 is 1. The second kappa shape index (κ2) is 5.54. The van der Waals surface area contributed by atoms with Crippen LogP contribution in [0.4, 0.5) is 10.2 Å². The van der Waals surface area contributed by atoms with Gasteiger partial charge in [-0.15, -0.1) is 0 Å². The monoisotopic (exact) mass is 277 g/mol. The van der Waals surface area contributed by atoms with Gasteiger partial charge >= 0.3 is 0 Å². The van der Waals surface area contributed by atoms with Crippen molar-refractivity contribution in [2.45, 2.75) is 6.04 Å². The number of fused-ring (bicyclic) bond motifs is 1. The lowest BCUT2D eigenvalue weighted by molar-refractivity contribution is 0.352. The predicted octanol–water partition coefficient (Wildman–Crippen LogP) is 0.781. The standard InChI is InChI=1S/C13H16FN5O/c1-20-11-6-15-5-10-12(11)13(18-8-17-10)19-3-2-16-9(4-14)7-19/h5-6,8-9,16H,2-4,7H2,1H3/t9-/m0/s1. The van der Waals surface area contributed by atoms with E-state index in [0.717, 1.165) is 29.8 Å². The summed E-state index contributed by atoms with van der Waals surface area (Å²) in [7, 11) is 1.59. The number of rotatable bonds is 3. The molecule has 20 heavy (non-hydrogen) atoms. The Hall–Kier alpha value is -2.02. The molecule has 1 aliphatic heterocycles. The maximum atomic E-state index is 12.9. The van der Waals surface area contributed by atoms with Crippen LogP contribution >= 0.6 is 0 Å². The van der Waals surface area contributed by atoms with Crippen LogP contribution in [0.15, 0.2) is 18.7 Å². The molecular formula is C13H16FN5O. The van der Waals surface area contributed by atoms with Crippen LogP contribution in [-0.2, 0) is 0 Å². The fraction of sp³-hybridized carbons (Fsp3) is 0.462. The molecule has 6 nitrogen and oxygen atoms in total. The normalized spacial score (nSPS) is 19.3. The topological polar surface area (TPSA) is 63.2 Å². The number of halogens is 1. The van der Waals surface area contributed by atoms with E-state index in [0.29, 0.717) is 12.3 Å². The number of aromatic nitrogens is 3. The van der Waals surface area contributed by atoms with E-state index in [1.54, 1.807) is 19.5 Å². The fourth-order valence-corrected chi connectivity index (χ4v) is 2.48. The maximum Gasteiger partial charge on any atom is 0.150 e. The number of hydrogen-bond acceptors (Lipinski definition) is 6. The summed E-state index contributed by atoms with van der Waals surface area (Å²) >= 11 is 0. The van der Waals surface area contributed by atoms with Crippen LogP contribution < -0.4 is 15.0 Å². The zero-order valence-corrected chi connectivity index (χ0v) is 11.2. The van der Waals surface area contributed by atoms with Gasteiger partial charge in [0.2, 0.25) is 0 Å². The Morgan fingerprint density at radius 1 is 1.45 bits per heavy atom. The molecule has 0 amide bonds. The summed E-state index contributed by atoms with van der Waals surface area (Å²) in [5.41, 5.74) is 0.727. The average molecular weight is 277 g/mol. The van der Waals surface area contributed by atoms with Crippen LogP contribution in [0.2, 0.25) is 0 Å². The molecule has 7 heteroatoms. The molecule has 2 aromatic heterocycles. The molecule has 1 N–H and O–H groups in total. The van der Waals surface area contributed by atoms with Crippen LogP contribution in [0.5, 0.6) is 5.75 Å². The first kappa shape index (κ1) is 13.0. The quantitative estimate of drug-likeness (QED) is 0.894. The van der Waals surface area contributed by atoms with Crippen molar-refractivity contribution >= 4 is 16.7 Å². The van der Waals surface area contributed by atoms with Crippen molar-refractivity contribution in [3.05, 3.63) is 18.7 Å². The van der Waals surface area contributed by atoms with Crippen molar-refractivity contribution in [2.75, 3.05) is 38.3 Å². The third-order valence-electron chi connectivity index (χ3n) is 3.45. The highest BCUT2D eigenvalue weighted by Crippen LogP contribution is 2.31. The molecule has 106 valence electrons. The molecule has 1 saturated heterocycles. The SMILES string of the molecule is COc1cncc2ncnc(N3CCN[C@@H](CF)C3)c12. The van der Waals surface area contributed by atoms with Crippen molar-refractivity contribution in [1.29, 1.82) is 0 Å². The Labute approximate surface area is 116 Å². The summed E-state index contributed by atoms with van der Waals surface area (Å²) in [6.45, 7) is 1.69. The van der Waals surface area contributed by atoms with Gasteiger partial charge in [-0.2, -0.15) is 0 Å². The molecule has 3 rings (SSSR count). The van der Waals surface area contributed by atoms with E-state index in [4.69, 9.17) is 4.74 Å². The molecular weight excluding hydrogens is 261 g/mol. The summed E-state index contributed by atoms with van der Waals surface area (Å²) in [5, 5.41) is 3.97. The molecule has 1 aliphatic rings. The van der Waals surface area contributed by atoms with E-state index in [-0.39, 0.29) is 6.04 Å². The number of anilines is 1. The van der Waals surface area contributed by atoms with Gasteiger partial charge < -0.3 is 15.0 Å². The van der Waals surface area contributed by atoms with E-state index in [1.165, 1.54) is 6.33 Å². The van der Waals surface area contributed by atoms with Gasteiger partial charge in [0.25, 0.3) is 0 Å². The lowest BCUT2D eigenvalue weighted by atomic mass is 10.2. The minimum atomic E-state index is -0.391. The Balaban J connectivity index is 2.06. The minimum absolute atomic E-state index is 0.165. The third-order valence-corrected chi connectivity index (χ3v) is 3.45. The first-order valence-corrected chi connectivity index (χ1v) is 6.50. The number of hydrogen-bond donors (Lipinski definition) is 1. The number of pyridine rings is 1. The molecule has 0 saturated carbocycles. The van der Waals surface area contributed by atoms with E-state index < -0.39 is 6.67 Å². The molecule has 1 fully saturated rings. The average Bonchev–Trinajstić information content (AvgIpc) is 2.53. The number of ether oxygens (including phenoxy) is 1. The lowest BCUT2D eigenvalue weighted by Crippen LogP contribution is -2.52. The van der Waals surface area contributed by atoms with E-state index in [2.05, 4.69) is 25.2 Å². The van der Waals surface area contributed by atoms with Crippen LogP contribution in [0.25, 0.3) is 10.9 Å². The number of nitrogens with zero attached hydrogens (tertiary/aromatic N) is 4. The Morgan fingerprint density at radius 2 is 2.35 bits per heavy atom. The highest BCUT2D eigenvalue weighted by Gasteiger charge is 2.23. The van der Waals surface area contributed by atoms with Gasteiger partial charge in [-0.25, -0.2) is 14.4 Å². The summed E-state index contributed by atoms with van der Waals surface area (Å²) in [5.74, 6) is 1.41. The van der Waals surface area contributed by atoms with E-state index in [1.807, 2.05) is 0 Å². The number of piperazine rings is 1. The van der Waals surface area contributed by atoms with Crippen LogP contribution in [-0.4, -0.2) is 54.4 Å². The molecule has 0 radical (unpaired) electrons. The maximum absolute atomic E-state index is 12.9. The predicted molar refractivity (Wildman–Crippen MR) is 73.9 cm³/mol. The van der Waals surface area contributed by atoms with Gasteiger partial charge in [0.1, 0.15) is 24.6 Å². The van der Waals surface area contributed by atoms with Crippen molar-refractivity contribution in [2.24, 2.45) is 0 Å². The molecule has 0 aromatic carbocycles. The van der Waals surface area contributed by atoms with Crippen molar-refractivity contribution in [3.8, 4) is 5.75 Å². The molecule has 1 atom stereocenters. The highest BCUT2D eigenvalue weighted by atomic mass is 19.1. The summed E-state index contributed by atoms with van der Waals surface area (Å²) in [6, 6.07) is -0.165. The summed E-state index contributed by atoms with van der Waals surface area (Å²) < 4.78 is 18.2. The largest absolute Gasteiger partial charge is 0.494 e. The summed E-state index contributed by atoms with van der Waals surface area (Å²) in [4.78, 5) is 14.7. The smallest absolute Gasteiger partial charge is 0.150 e. The van der Waals surface area contributed by atoms with Gasteiger partial charge in [-0.1, -0.05) is 0 Å². The van der Waals surface area contributed by atoms with Gasteiger partial charge in [0.05, 0.1) is 36.4 Å². The van der Waals surface area contributed by atoms with E-state index >= 15 is 0 Å². The van der Waals surface area contributed by atoms with Gasteiger partial charge in [-0.05, 0) is 0 Å². The van der Waals surface area contributed by atoms with Gasteiger partial charge in [-0.3, -0.25) is 4.98 Å². The highest BCUT2D eigenvalue weighted by molar-refractivity contribution is 5.94. The zero-order chi connectivity index (χ0) is 13.9. The second-order valence-electron chi connectivity index (χ2n) is 4.68. The fourth-order valence-electron chi connectivity index (χ4n) is 2.48. The molecule has 0 aliphatic carbocycles. The number of nitrogens with one attached hydrogen (secondary N) is 1. The Bertz CT molecular complexity index is 603. The molecule has 2 aromatic rings. The molecule has 3 heterocycles. The van der Waals surface area contributed by atoms with Crippen molar-refractivity contribution in [1.82, 2.24) is 20.3 Å². The van der Waals surface area contributed by atoms with Crippen molar-refractivity contribution < 1.29 is 9.13 Å². The van der Waals surface area contributed by atoms with Crippen LogP contribution in [0, 0.1) is 0 Å². The molecule has 0 bridgehead atoms. The van der Waals surface area contributed by atoms with Crippen molar-refractivity contribution in [3.63, 3.8) is 0 Å². The first-order valence-electron chi connectivity index (χ1n) is 6.50. The van der Waals surface area contributed by atoms with Crippen LogP contribution in [0.3, 0.4) is 0 Å². The van der Waals surface area contributed by atoms with Crippen LogP contribution in [0.1, 0.15) is 0 Å². The first-order chi connectivity index (χ1) is 9.83. The Kier molecular flexibility index (Phi) is 3.60. The third kappa shape index (κ3) is 2.24. The summed E-state index contributed by atoms with van der Waals surface area (Å²) in [6.07, 6.45) is 4.83. The minimum Gasteiger partial charge on any atom is -0.494 e. The number of alkyl halides is 1. The Morgan fingerprint density at radius 3 is 3.15 bits per heavy atom. The van der Waals surface area contributed by atoms with Gasteiger partial charge in [0, 0.05) is 19.6 Å². The van der Waals surface area contributed by atoms with E-state index in [9.17, 15) is 4.39 Å². The lowest BCUT2D eigenvalue weighted by Gasteiger charge is -2.33. The molecule has 0 unspecified atom stereocenters. The van der Waals surface area contributed by atoms with Gasteiger partial charge in [0.15, 0.2) is 0 Å².